The van der Waals surface area contributed by atoms with Crippen LogP contribution in [-0.2, 0) is 17.7 Å². The zero-order chi connectivity index (χ0) is 13.8. The summed E-state index contributed by atoms with van der Waals surface area (Å²) in [6.07, 6.45) is 4.47. The Morgan fingerprint density at radius 1 is 1.45 bits per heavy atom. The van der Waals surface area contributed by atoms with Crippen molar-refractivity contribution >= 4 is 5.91 Å². The van der Waals surface area contributed by atoms with E-state index in [0.29, 0.717) is 12.6 Å². The Labute approximate surface area is 119 Å². The average Bonchev–Trinajstić information content (AvgIpc) is 3.00. The van der Waals surface area contributed by atoms with Crippen LogP contribution < -0.4 is 10.6 Å². The summed E-state index contributed by atoms with van der Waals surface area (Å²) in [5.41, 5.74) is 3.31. The van der Waals surface area contributed by atoms with Crippen LogP contribution in [0.5, 0.6) is 0 Å². The highest BCUT2D eigenvalue weighted by molar-refractivity contribution is 5.96. The van der Waals surface area contributed by atoms with Crippen molar-refractivity contribution in [2.45, 2.75) is 38.3 Å². The summed E-state index contributed by atoms with van der Waals surface area (Å²) < 4.78 is 5.57. The molecule has 0 bridgehead atoms. The molecule has 0 saturated carbocycles. The summed E-state index contributed by atoms with van der Waals surface area (Å²) in [7, 11) is 0. The lowest BCUT2D eigenvalue weighted by Gasteiger charge is -2.20. The van der Waals surface area contributed by atoms with Crippen LogP contribution in [0.4, 0.5) is 0 Å². The minimum absolute atomic E-state index is 0.0572. The number of carbonyl (C=O) groups is 1. The Bertz CT molecular complexity index is 481. The molecule has 2 heterocycles. The highest BCUT2D eigenvalue weighted by Gasteiger charge is 2.18. The van der Waals surface area contributed by atoms with Gasteiger partial charge in [0.1, 0.15) is 0 Å². The predicted molar refractivity (Wildman–Crippen MR) is 77.8 cm³/mol. The molecule has 4 nitrogen and oxygen atoms in total. The highest BCUT2D eigenvalue weighted by atomic mass is 16.5. The lowest BCUT2D eigenvalue weighted by molar-refractivity contribution is 0.0906. The maximum absolute atomic E-state index is 12.3. The number of hydrogen-bond donors (Lipinski definition) is 2. The molecule has 2 aliphatic heterocycles. The number of hydrogen-bond acceptors (Lipinski definition) is 3. The van der Waals surface area contributed by atoms with Crippen molar-refractivity contribution in [1.29, 1.82) is 0 Å². The van der Waals surface area contributed by atoms with Gasteiger partial charge in [-0.2, -0.15) is 0 Å². The van der Waals surface area contributed by atoms with E-state index in [1.165, 1.54) is 11.1 Å². The molecule has 108 valence electrons. The van der Waals surface area contributed by atoms with Gasteiger partial charge in [0, 0.05) is 25.3 Å². The first-order valence-electron chi connectivity index (χ1n) is 7.56. The molecule has 1 aromatic rings. The minimum atomic E-state index is 0.0572. The average molecular weight is 274 g/mol. The first-order valence-corrected chi connectivity index (χ1v) is 7.56. The Hall–Kier alpha value is -1.39. The van der Waals surface area contributed by atoms with Crippen LogP contribution in [0.25, 0.3) is 0 Å². The van der Waals surface area contributed by atoms with Gasteiger partial charge in [0.05, 0.1) is 6.10 Å². The largest absolute Gasteiger partial charge is 0.378 e. The molecule has 4 heteroatoms. The molecule has 2 aliphatic rings. The van der Waals surface area contributed by atoms with Gasteiger partial charge in [-0.1, -0.05) is 12.1 Å². The second-order valence-corrected chi connectivity index (χ2v) is 5.55. The Kier molecular flexibility index (Phi) is 4.33. The zero-order valence-corrected chi connectivity index (χ0v) is 11.8. The van der Waals surface area contributed by atoms with E-state index in [4.69, 9.17) is 4.74 Å². The van der Waals surface area contributed by atoms with E-state index in [9.17, 15) is 4.79 Å². The molecule has 1 fully saturated rings. The Morgan fingerprint density at radius 2 is 2.40 bits per heavy atom. The van der Waals surface area contributed by atoms with Crippen LogP contribution in [0, 0.1) is 0 Å². The second-order valence-electron chi connectivity index (χ2n) is 5.55. The summed E-state index contributed by atoms with van der Waals surface area (Å²) in [6, 6.07) is 6.01. The van der Waals surface area contributed by atoms with E-state index >= 15 is 0 Å². The van der Waals surface area contributed by atoms with E-state index < -0.39 is 0 Å². The SMILES string of the molecule is O=C(NCCC1CCCO1)c1cccc2c1CCNC2. The van der Waals surface area contributed by atoms with E-state index in [0.717, 1.165) is 50.9 Å². The van der Waals surface area contributed by atoms with Crippen LogP contribution in [0.2, 0.25) is 0 Å². The minimum Gasteiger partial charge on any atom is -0.378 e. The number of amides is 1. The van der Waals surface area contributed by atoms with Crippen molar-refractivity contribution in [3.8, 4) is 0 Å². The molecule has 1 amide bonds. The van der Waals surface area contributed by atoms with Gasteiger partial charge in [-0.3, -0.25) is 4.79 Å². The maximum Gasteiger partial charge on any atom is 0.251 e. The molecule has 20 heavy (non-hydrogen) atoms. The van der Waals surface area contributed by atoms with Gasteiger partial charge in [-0.15, -0.1) is 0 Å². The molecule has 1 aromatic carbocycles. The molecule has 0 aliphatic carbocycles. The number of nitrogens with one attached hydrogen (secondary N) is 2. The summed E-state index contributed by atoms with van der Waals surface area (Å²) in [5.74, 6) is 0.0572. The Balaban J connectivity index is 1.59. The molecular weight excluding hydrogens is 252 g/mol. The maximum atomic E-state index is 12.3. The molecular formula is C16H22N2O2. The summed E-state index contributed by atoms with van der Waals surface area (Å²) in [6.45, 7) is 3.39. The third-order valence-electron chi connectivity index (χ3n) is 4.16. The van der Waals surface area contributed by atoms with Crippen LogP contribution in [-0.4, -0.2) is 31.7 Å². The van der Waals surface area contributed by atoms with Gasteiger partial charge in [-0.05, 0) is 49.4 Å². The quantitative estimate of drug-likeness (QED) is 0.877. The zero-order valence-electron chi connectivity index (χ0n) is 11.8. The van der Waals surface area contributed by atoms with Gasteiger partial charge >= 0.3 is 0 Å². The molecule has 1 unspecified atom stereocenters. The van der Waals surface area contributed by atoms with E-state index in [1.54, 1.807) is 0 Å². The fourth-order valence-electron chi connectivity index (χ4n) is 3.06. The first-order chi connectivity index (χ1) is 9.84. The normalized spacial score (nSPS) is 21.5. The summed E-state index contributed by atoms with van der Waals surface area (Å²) in [5, 5.41) is 6.38. The molecule has 1 atom stereocenters. The summed E-state index contributed by atoms with van der Waals surface area (Å²) >= 11 is 0. The van der Waals surface area contributed by atoms with Gasteiger partial charge in [0.2, 0.25) is 0 Å². The van der Waals surface area contributed by atoms with Crippen LogP contribution >= 0.6 is 0 Å². The van der Waals surface area contributed by atoms with Crippen molar-refractivity contribution in [3.05, 3.63) is 34.9 Å². The van der Waals surface area contributed by atoms with E-state index in [-0.39, 0.29) is 5.91 Å². The van der Waals surface area contributed by atoms with E-state index in [2.05, 4.69) is 16.7 Å². The van der Waals surface area contributed by atoms with Crippen molar-refractivity contribution in [2.75, 3.05) is 19.7 Å². The fraction of sp³-hybridized carbons (Fsp3) is 0.562. The molecule has 3 rings (SSSR count). The predicted octanol–water partition coefficient (Wildman–Crippen LogP) is 1.63. The molecule has 0 aromatic heterocycles. The number of benzene rings is 1. The van der Waals surface area contributed by atoms with Crippen molar-refractivity contribution in [1.82, 2.24) is 10.6 Å². The summed E-state index contributed by atoms with van der Waals surface area (Å²) in [4.78, 5) is 12.3. The molecule has 1 saturated heterocycles. The molecule has 0 spiro atoms. The van der Waals surface area contributed by atoms with Gasteiger partial charge < -0.3 is 15.4 Å². The van der Waals surface area contributed by atoms with Crippen LogP contribution in [0.3, 0.4) is 0 Å². The van der Waals surface area contributed by atoms with Crippen molar-refractivity contribution in [2.24, 2.45) is 0 Å². The smallest absolute Gasteiger partial charge is 0.251 e. The van der Waals surface area contributed by atoms with Gasteiger partial charge in [-0.25, -0.2) is 0 Å². The lowest BCUT2D eigenvalue weighted by atomic mass is 9.95. The number of fused-ring (bicyclic) bond motifs is 1. The van der Waals surface area contributed by atoms with E-state index in [1.807, 2.05) is 12.1 Å². The lowest BCUT2D eigenvalue weighted by Crippen LogP contribution is -2.31. The molecule has 2 N–H and O–H groups in total. The Morgan fingerprint density at radius 3 is 3.25 bits per heavy atom. The van der Waals surface area contributed by atoms with Crippen LogP contribution in [0.15, 0.2) is 18.2 Å². The van der Waals surface area contributed by atoms with Gasteiger partial charge in [0.25, 0.3) is 5.91 Å². The highest BCUT2D eigenvalue weighted by Crippen LogP contribution is 2.19. The van der Waals surface area contributed by atoms with Crippen LogP contribution in [0.1, 0.15) is 40.7 Å². The monoisotopic (exact) mass is 274 g/mol. The topological polar surface area (TPSA) is 50.4 Å². The second kappa shape index (κ2) is 6.37. The number of rotatable bonds is 4. The van der Waals surface area contributed by atoms with Crippen molar-refractivity contribution < 1.29 is 9.53 Å². The third kappa shape index (κ3) is 3.02. The number of ether oxygens (including phenoxy) is 1. The fourth-order valence-corrected chi connectivity index (χ4v) is 3.06. The number of carbonyl (C=O) groups excluding carboxylic acids is 1. The first kappa shape index (κ1) is 13.6. The van der Waals surface area contributed by atoms with Crippen molar-refractivity contribution in [3.63, 3.8) is 0 Å². The standard InChI is InChI=1S/C16H22N2O2/c19-16(18-9-6-13-4-2-10-20-13)15-5-1-3-12-11-17-8-7-14(12)15/h1,3,5,13,17H,2,4,6-11H2,(H,18,19). The third-order valence-corrected chi connectivity index (χ3v) is 4.16. The van der Waals surface area contributed by atoms with Gasteiger partial charge in [0.15, 0.2) is 0 Å². The molecule has 0 radical (unpaired) electrons.